The predicted octanol–water partition coefficient (Wildman–Crippen LogP) is 1.18. The van der Waals surface area contributed by atoms with Gasteiger partial charge in [-0.15, -0.1) is 0 Å². The van der Waals surface area contributed by atoms with Gasteiger partial charge in [0, 0.05) is 43.3 Å². The minimum absolute atomic E-state index is 0.234. The Labute approximate surface area is 101 Å². The number of rotatable bonds is 7. The molecule has 1 aromatic heterocycles. The zero-order valence-electron chi connectivity index (χ0n) is 10.2. The first-order valence-corrected chi connectivity index (χ1v) is 6.91. The van der Waals surface area contributed by atoms with Gasteiger partial charge in [0.25, 0.3) is 0 Å². The molecule has 0 aliphatic heterocycles. The van der Waals surface area contributed by atoms with Crippen LogP contribution in [0.1, 0.15) is 24.9 Å². The van der Waals surface area contributed by atoms with Crippen molar-refractivity contribution in [3.8, 4) is 0 Å². The first kappa shape index (κ1) is 13.5. The van der Waals surface area contributed by atoms with Crippen molar-refractivity contribution in [1.29, 1.82) is 0 Å². The summed E-state index contributed by atoms with van der Waals surface area (Å²) in [5.74, 6) is 1.02. The lowest BCUT2D eigenvalue weighted by Crippen LogP contribution is -2.34. The summed E-state index contributed by atoms with van der Waals surface area (Å²) in [6, 6.07) is 0.632. The molecule has 1 rings (SSSR count). The van der Waals surface area contributed by atoms with Gasteiger partial charge < -0.3 is 10.4 Å². The molecule has 2 unspecified atom stereocenters. The highest BCUT2D eigenvalue weighted by molar-refractivity contribution is 7.98. The third-order valence-corrected chi connectivity index (χ3v) is 3.29. The number of aliphatic hydroxyl groups is 1. The summed E-state index contributed by atoms with van der Waals surface area (Å²) < 4.78 is 1.81. The van der Waals surface area contributed by atoms with Crippen LogP contribution in [0.4, 0.5) is 0 Å². The zero-order chi connectivity index (χ0) is 12.0. The van der Waals surface area contributed by atoms with Crippen molar-refractivity contribution in [1.82, 2.24) is 15.1 Å². The van der Waals surface area contributed by atoms with E-state index in [0.717, 1.165) is 12.2 Å². The van der Waals surface area contributed by atoms with Gasteiger partial charge in [-0.3, -0.25) is 4.68 Å². The third kappa shape index (κ3) is 4.15. The van der Waals surface area contributed by atoms with E-state index in [9.17, 15) is 0 Å². The van der Waals surface area contributed by atoms with E-state index in [0.29, 0.717) is 6.04 Å². The number of hydrogen-bond donors (Lipinski definition) is 2. The summed E-state index contributed by atoms with van der Waals surface area (Å²) in [7, 11) is 1.92. The van der Waals surface area contributed by atoms with E-state index in [2.05, 4.69) is 23.6 Å². The quantitative estimate of drug-likeness (QED) is 0.755. The van der Waals surface area contributed by atoms with Crippen LogP contribution in [0.5, 0.6) is 0 Å². The van der Waals surface area contributed by atoms with Crippen LogP contribution >= 0.6 is 11.8 Å². The van der Waals surface area contributed by atoms with Crippen molar-refractivity contribution in [2.75, 3.05) is 18.6 Å². The molecule has 1 heterocycles. The van der Waals surface area contributed by atoms with Crippen LogP contribution in [-0.2, 0) is 7.05 Å². The molecule has 0 radical (unpaired) electrons. The largest absolute Gasteiger partial charge is 0.396 e. The highest BCUT2D eigenvalue weighted by Gasteiger charge is 2.13. The lowest BCUT2D eigenvalue weighted by atomic mass is 10.1. The van der Waals surface area contributed by atoms with Gasteiger partial charge in [0.1, 0.15) is 0 Å². The fourth-order valence-corrected chi connectivity index (χ4v) is 2.35. The van der Waals surface area contributed by atoms with Crippen molar-refractivity contribution in [2.24, 2.45) is 7.05 Å². The Morgan fingerprint density at radius 1 is 1.62 bits per heavy atom. The summed E-state index contributed by atoms with van der Waals surface area (Å²) in [4.78, 5) is 0. The number of nitrogens with zero attached hydrogens (tertiary/aromatic N) is 2. The number of thioether (sulfide) groups is 1. The van der Waals surface area contributed by atoms with Crippen molar-refractivity contribution in [3.05, 3.63) is 18.0 Å². The van der Waals surface area contributed by atoms with E-state index < -0.39 is 0 Å². The molecule has 92 valence electrons. The van der Waals surface area contributed by atoms with Crippen molar-refractivity contribution >= 4 is 11.8 Å². The molecule has 0 amide bonds. The molecule has 0 saturated heterocycles. The monoisotopic (exact) mass is 243 g/mol. The molecule has 0 aliphatic carbocycles. The van der Waals surface area contributed by atoms with E-state index in [4.69, 9.17) is 5.11 Å². The molecule has 4 nitrogen and oxygen atoms in total. The number of aliphatic hydroxyl groups excluding tert-OH is 1. The average Bonchev–Trinajstić information content (AvgIpc) is 2.65. The second-order valence-electron chi connectivity index (χ2n) is 4.00. The maximum Gasteiger partial charge on any atom is 0.0537 e. The summed E-state index contributed by atoms with van der Waals surface area (Å²) in [6.45, 7) is 2.36. The molecule has 0 spiro atoms. The van der Waals surface area contributed by atoms with Gasteiger partial charge in [-0.1, -0.05) is 0 Å². The van der Waals surface area contributed by atoms with Crippen molar-refractivity contribution in [2.45, 2.75) is 25.4 Å². The first-order chi connectivity index (χ1) is 7.67. The summed E-state index contributed by atoms with van der Waals surface area (Å²) in [5, 5.41) is 16.7. The minimum Gasteiger partial charge on any atom is -0.396 e. The number of nitrogens with one attached hydrogen (secondary N) is 1. The smallest absolute Gasteiger partial charge is 0.0537 e. The van der Waals surface area contributed by atoms with Gasteiger partial charge in [0.15, 0.2) is 0 Å². The van der Waals surface area contributed by atoms with Crippen LogP contribution in [0.15, 0.2) is 12.4 Å². The predicted molar refractivity (Wildman–Crippen MR) is 68.6 cm³/mol. The Bertz CT molecular complexity index is 297. The molecule has 0 fully saturated rings. The number of aryl methyl sites for hydroxylation is 1. The van der Waals surface area contributed by atoms with Crippen LogP contribution in [0.3, 0.4) is 0 Å². The highest BCUT2D eigenvalue weighted by atomic mass is 32.2. The molecule has 5 heteroatoms. The molecule has 0 aromatic carbocycles. The van der Waals surface area contributed by atoms with Crippen LogP contribution in [-0.4, -0.2) is 39.5 Å². The highest BCUT2D eigenvalue weighted by Crippen LogP contribution is 2.13. The van der Waals surface area contributed by atoms with Crippen molar-refractivity contribution in [3.63, 3.8) is 0 Å². The van der Waals surface area contributed by atoms with Crippen LogP contribution in [0.25, 0.3) is 0 Å². The minimum atomic E-state index is 0.234. The van der Waals surface area contributed by atoms with Crippen LogP contribution in [0, 0.1) is 0 Å². The lowest BCUT2D eigenvalue weighted by molar-refractivity contribution is 0.265. The third-order valence-electron chi connectivity index (χ3n) is 2.56. The molecule has 2 atom stereocenters. The summed E-state index contributed by atoms with van der Waals surface area (Å²) in [6.07, 6.45) is 6.78. The Hall–Kier alpha value is -0.520. The second kappa shape index (κ2) is 6.93. The topological polar surface area (TPSA) is 50.1 Å². The molecule has 1 aromatic rings. The fourth-order valence-electron chi connectivity index (χ4n) is 1.69. The summed E-state index contributed by atoms with van der Waals surface area (Å²) in [5.41, 5.74) is 1.19. The maximum atomic E-state index is 8.99. The molecule has 2 N–H and O–H groups in total. The van der Waals surface area contributed by atoms with Crippen molar-refractivity contribution < 1.29 is 5.11 Å². The van der Waals surface area contributed by atoms with Gasteiger partial charge >= 0.3 is 0 Å². The van der Waals surface area contributed by atoms with E-state index in [-0.39, 0.29) is 12.6 Å². The van der Waals surface area contributed by atoms with E-state index >= 15 is 0 Å². The fraction of sp³-hybridized carbons (Fsp3) is 0.727. The Morgan fingerprint density at radius 3 is 2.88 bits per heavy atom. The zero-order valence-corrected chi connectivity index (χ0v) is 11.0. The SMILES string of the molecule is CSCC(CCO)NC(C)c1cnn(C)c1. The second-order valence-corrected chi connectivity index (χ2v) is 4.91. The van der Waals surface area contributed by atoms with Gasteiger partial charge in [-0.05, 0) is 19.6 Å². The van der Waals surface area contributed by atoms with Gasteiger partial charge in [-0.25, -0.2) is 0 Å². The van der Waals surface area contributed by atoms with Gasteiger partial charge in [-0.2, -0.15) is 16.9 Å². The van der Waals surface area contributed by atoms with E-state index in [1.807, 2.05) is 24.1 Å². The van der Waals surface area contributed by atoms with Crippen LogP contribution in [0.2, 0.25) is 0 Å². The van der Waals surface area contributed by atoms with E-state index in [1.165, 1.54) is 5.56 Å². The first-order valence-electron chi connectivity index (χ1n) is 5.51. The molecular weight excluding hydrogens is 222 g/mol. The van der Waals surface area contributed by atoms with Crippen LogP contribution < -0.4 is 5.32 Å². The molecule has 0 saturated carbocycles. The van der Waals surface area contributed by atoms with Gasteiger partial charge in [0.2, 0.25) is 0 Å². The Kier molecular flexibility index (Phi) is 5.87. The number of aromatic nitrogens is 2. The summed E-state index contributed by atoms with van der Waals surface area (Å²) >= 11 is 1.80. The molecular formula is C11H21N3OS. The molecule has 0 aliphatic rings. The standard InChI is InChI=1S/C11H21N3OS/c1-9(10-6-12-14(2)7-10)13-11(4-5-15)8-16-3/h6-7,9,11,13,15H,4-5,8H2,1-3H3. The average molecular weight is 243 g/mol. The lowest BCUT2D eigenvalue weighted by Gasteiger charge is -2.21. The van der Waals surface area contributed by atoms with E-state index in [1.54, 1.807) is 11.8 Å². The normalized spacial score (nSPS) is 15.0. The molecule has 0 bridgehead atoms. The maximum absolute atomic E-state index is 8.99. The molecule has 16 heavy (non-hydrogen) atoms. The van der Waals surface area contributed by atoms with Gasteiger partial charge in [0.05, 0.1) is 6.20 Å². The Morgan fingerprint density at radius 2 is 2.38 bits per heavy atom. The number of hydrogen-bond acceptors (Lipinski definition) is 4. The Balaban J connectivity index is 2.50.